The Morgan fingerprint density at radius 2 is 2.08 bits per heavy atom. The third-order valence-corrected chi connectivity index (χ3v) is 1.77. The van der Waals surface area contributed by atoms with Crippen LogP contribution >= 0.6 is 0 Å². The van der Waals surface area contributed by atoms with Gasteiger partial charge in [0, 0.05) is 10.2 Å². The van der Waals surface area contributed by atoms with Gasteiger partial charge in [0.25, 0.3) is 0 Å². The van der Waals surface area contributed by atoms with Crippen LogP contribution in [0.3, 0.4) is 0 Å². The van der Waals surface area contributed by atoms with Crippen molar-refractivity contribution in [3.8, 4) is 0 Å². The quantitative estimate of drug-likeness (QED) is 0.713. The second kappa shape index (κ2) is 4.24. The molecule has 0 saturated heterocycles. The first-order valence-corrected chi connectivity index (χ1v) is 3.87. The zero-order chi connectivity index (χ0) is 11.5. The highest BCUT2D eigenvalue weighted by Crippen LogP contribution is 2.15. The highest BCUT2D eigenvalue weighted by molar-refractivity contribution is 5.18. The molecule has 1 aromatic carbocycles. The van der Waals surface area contributed by atoms with Crippen molar-refractivity contribution in [2.75, 3.05) is 7.05 Å². The van der Waals surface area contributed by atoms with Crippen LogP contribution in [-0.2, 0) is 0 Å². The third-order valence-electron chi connectivity index (χ3n) is 1.77. The van der Waals surface area contributed by atoms with E-state index in [1.807, 2.05) is 6.07 Å². The van der Waals surface area contributed by atoms with Crippen LogP contribution in [-0.4, -0.2) is 18.2 Å². The van der Waals surface area contributed by atoms with Gasteiger partial charge >= 0.3 is 0 Å². The summed E-state index contributed by atoms with van der Waals surface area (Å²) in [5, 5.41) is 12.5. The number of benzene rings is 1. The van der Waals surface area contributed by atoms with E-state index in [2.05, 4.69) is 5.32 Å². The van der Waals surface area contributed by atoms with Crippen LogP contribution in [0.1, 0.15) is 22.6 Å². The van der Waals surface area contributed by atoms with E-state index in [4.69, 9.17) is 4.11 Å². The van der Waals surface area contributed by atoms with Crippen LogP contribution in [0.25, 0.3) is 0 Å². The molecule has 0 aliphatic heterocycles. The number of aliphatic hydroxyl groups is 1. The topological polar surface area (TPSA) is 32.3 Å². The molecule has 0 heterocycles. The van der Waals surface area contributed by atoms with Crippen molar-refractivity contribution in [3.63, 3.8) is 0 Å². The predicted octanol–water partition coefficient (Wildman–Crippen LogP) is 1.33. The summed E-state index contributed by atoms with van der Waals surface area (Å²) in [7, 11) is 1.53. The molecule has 0 amide bonds. The van der Waals surface area contributed by atoms with Gasteiger partial charge in [0.2, 0.25) is 0 Å². The molecule has 0 bridgehead atoms. The van der Waals surface area contributed by atoms with Crippen LogP contribution in [0, 0.1) is 0 Å². The fraction of sp³-hybridized carbons (Fsp3) is 0.400. The van der Waals surface area contributed by atoms with Gasteiger partial charge in [0.05, 0.1) is 6.10 Å². The molecule has 0 fully saturated rings. The maximum Gasteiger partial charge on any atom is 0.0940 e. The minimum absolute atomic E-state index is 0.605. The first-order chi connectivity index (χ1) is 6.96. The Hall–Kier alpha value is -0.860. The average Bonchev–Trinajstić information content (AvgIpc) is 2.18. The minimum atomic E-state index is -2.22. The largest absolute Gasteiger partial charge is 0.387 e. The summed E-state index contributed by atoms with van der Waals surface area (Å²) in [6, 6.07) is 7.83. The van der Waals surface area contributed by atoms with Crippen molar-refractivity contribution in [2.24, 2.45) is 0 Å². The van der Waals surface area contributed by atoms with Crippen molar-refractivity contribution in [2.45, 2.75) is 19.0 Å². The molecule has 2 N–H and O–H groups in total. The molecule has 2 heteroatoms. The third kappa shape index (κ3) is 2.06. The summed E-state index contributed by atoms with van der Waals surface area (Å²) in [6.45, 7) is -2.22. The van der Waals surface area contributed by atoms with Crippen molar-refractivity contribution in [3.05, 3.63) is 35.9 Å². The monoisotopic (exact) mass is 168 g/mol. The molecule has 2 nitrogen and oxygen atoms in total. The van der Waals surface area contributed by atoms with Gasteiger partial charge in [-0.1, -0.05) is 30.3 Å². The molecule has 1 aromatic rings. The highest BCUT2D eigenvalue weighted by atomic mass is 16.3. The lowest BCUT2D eigenvalue weighted by molar-refractivity contribution is 0.140. The highest BCUT2D eigenvalue weighted by Gasteiger charge is 2.12. The number of nitrogens with one attached hydrogen (secondary N) is 1. The zero-order valence-corrected chi connectivity index (χ0v) is 6.99. The van der Waals surface area contributed by atoms with Gasteiger partial charge in [-0.25, -0.2) is 0 Å². The Kier molecular flexibility index (Phi) is 2.02. The first-order valence-electron chi connectivity index (χ1n) is 5.37. The summed E-state index contributed by atoms with van der Waals surface area (Å²) in [6.07, 6.45) is -1.02. The molecule has 0 radical (unpaired) electrons. The van der Waals surface area contributed by atoms with E-state index < -0.39 is 19.0 Å². The van der Waals surface area contributed by atoms with Crippen molar-refractivity contribution >= 4 is 0 Å². The van der Waals surface area contributed by atoms with Gasteiger partial charge in [-0.05, 0) is 19.5 Å². The molecule has 0 spiro atoms. The molecule has 2 atom stereocenters. The van der Waals surface area contributed by atoms with E-state index in [1.165, 1.54) is 7.05 Å². The first kappa shape index (κ1) is 5.73. The summed E-state index contributed by atoms with van der Waals surface area (Å²) in [4.78, 5) is 0. The van der Waals surface area contributed by atoms with Gasteiger partial charge in [0.15, 0.2) is 0 Å². The summed E-state index contributed by atoms with van der Waals surface area (Å²) >= 11 is 0. The molecule has 1 rings (SSSR count). The number of likely N-dealkylation sites (N-methyl/N-ethyl adjacent to an activating group) is 1. The molecule has 0 aliphatic carbocycles. The molecule has 0 saturated carbocycles. The second-order valence-corrected chi connectivity index (χ2v) is 2.62. The normalized spacial score (nSPS) is 20.3. The molecule has 0 aromatic heterocycles. The molecule has 0 unspecified atom stereocenters. The SMILES string of the molecule is [2H]C([2H])([2H])[C@H](NC)[C@H](O)c1ccccc1. The number of hydrogen-bond donors (Lipinski definition) is 2. The molecule has 66 valence electrons. The van der Waals surface area contributed by atoms with E-state index in [0.29, 0.717) is 5.56 Å². The Morgan fingerprint density at radius 3 is 2.58 bits per heavy atom. The van der Waals surface area contributed by atoms with Gasteiger partial charge in [-0.2, -0.15) is 0 Å². The molecular weight excluding hydrogens is 150 g/mol. The van der Waals surface area contributed by atoms with E-state index >= 15 is 0 Å². The van der Waals surface area contributed by atoms with Crippen molar-refractivity contribution in [1.82, 2.24) is 5.32 Å². The summed E-state index contributed by atoms with van der Waals surface area (Å²) in [5.41, 5.74) is 0.605. The lowest BCUT2D eigenvalue weighted by atomic mass is 10.0. The van der Waals surface area contributed by atoms with Gasteiger partial charge in [-0.3, -0.25) is 0 Å². The second-order valence-electron chi connectivity index (χ2n) is 2.62. The van der Waals surface area contributed by atoms with Crippen molar-refractivity contribution in [1.29, 1.82) is 0 Å². The van der Waals surface area contributed by atoms with E-state index in [1.54, 1.807) is 24.3 Å². The van der Waals surface area contributed by atoms with E-state index in [0.717, 1.165) is 0 Å². The maximum atomic E-state index is 9.89. The van der Waals surface area contributed by atoms with Crippen molar-refractivity contribution < 1.29 is 9.22 Å². The number of hydrogen-bond acceptors (Lipinski definition) is 2. The minimum Gasteiger partial charge on any atom is -0.387 e. The maximum absolute atomic E-state index is 9.89. The Balaban J connectivity index is 2.88. The van der Waals surface area contributed by atoms with Crippen LogP contribution < -0.4 is 5.32 Å². The zero-order valence-electron chi connectivity index (χ0n) is 9.99. The van der Waals surface area contributed by atoms with Crippen LogP contribution in [0.2, 0.25) is 0 Å². The number of rotatable bonds is 3. The van der Waals surface area contributed by atoms with Crippen LogP contribution in [0.5, 0.6) is 0 Å². The smallest absolute Gasteiger partial charge is 0.0940 e. The molecule has 0 aliphatic rings. The molecule has 12 heavy (non-hydrogen) atoms. The fourth-order valence-corrected chi connectivity index (χ4v) is 1.00. The van der Waals surface area contributed by atoms with Gasteiger partial charge in [-0.15, -0.1) is 0 Å². The number of aliphatic hydroxyl groups excluding tert-OH is 1. The standard InChI is InChI=1S/C10H15NO/c1-8(11-2)10(12)9-6-4-3-5-7-9/h3-8,10-12H,1-2H3/t8-,10-/m0/s1/i1D3. The van der Waals surface area contributed by atoms with E-state index in [9.17, 15) is 5.11 Å². The summed E-state index contributed by atoms with van der Waals surface area (Å²) < 4.78 is 21.8. The van der Waals surface area contributed by atoms with Gasteiger partial charge < -0.3 is 10.4 Å². The van der Waals surface area contributed by atoms with Crippen LogP contribution in [0.15, 0.2) is 30.3 Å². The lowest BCUT2D eigenvalue weighted by Crippen LogP contribution is -2.28. The Morgan fingerprint density at radius 1 is 1.42 bits per heavy atom. The van der Waals surface area contributed by atoms with Crippen LogP contribution in [0.4, 0.5) is 0 Å². The lowest BCUT2D eigenvalue weighted by Gasteiger charge is -2.17. The van der Waals surface area contributed by atoms with Gasteiger partial charge in [0.1, 0.15) is 0 Å². The average molecular weight is 168 g/mol. The fourth-order valence-electron chi connectivity index (χ4n) is 1.00. The predicted molar refractivity (Wildman–Crippen MR) is 49.9 cm³/mol. The summed E-state index contributed by atoms with van der Waals surface area (Å²) in [5.74, 6) is 0. The van der Waals surface area contributed by atoms with E-state index in [-0.39, 0.29) is 0 Å². The Labute approximate surface area is 77.5 Å². The molecular formula is C10H15NO. The Bertz CT molecular complexity index is 299.